The van der Waals surface area contributed by atoms with Crippen LogP contribution in [-0.4, -0.2) is 22.8 Å². The van der Waals surface area contributed by atoms with Gasteiger partial charge in [0, 0.05) is 22.7 Å². The molecule has 0 fully saturated rings. The van der Waals surface area contributed by atoms with Crippen molar-refractivity contribution in [3.05, 3.63) is 52.4 Å². The Labute approximate surface area is 147 Å². The molecule has 0 aliphatic carbocycles. The summed E-state index contributed by atoms with van der Waals surface area (Å²) in [6.07, 6.45) is -4.65. The third-order valence-corrected chi connectivity index (χ3v) is 3.99. The number of aromatic nitrogens is 1. The smallest absolute Gasteiger partial charge is 0.386 e. The standard InChI is InChI=1S/C17H17ClF4N2O/c1-16(2,25)11-7-13(12(8-23)17(20,21)22)24-15(14(11)19)9-3-5-10(18)6-4-9/h3-7,12,25H,8,23H2,1-2H3/t12-/m1/s1. The third kappa shape index (κ3) is 4.29. The molecule has 3 N–H and O–H groups in total. The van der Waals surface area contributed by atoms with Crippen LogP contribution in [0.3, 0.4) is 0 Å². The molecule has 0 amide bonds. The van der Waals surface area contributed by atoms with E-state index in [9.17, 15) is 22.7 Å². The van der Waals surface area contributed by atoms with Gasteiger partial charge in [0.1, 0.15) is 11.6 Å². The van der Waals surface area contributed by atoms with Crippen LogP contribution in [0.2, 0.25) is 5.02 Å². The molecule has 0 unspecified atom stereocenters. The van der Waals surface area contributed by atoms with E-state index in [0.29, 0.717) is 5.02 Å². The van der Waals surface area contributed by atoms with E-state index in [1.807, 2.05) is 0 Å². The minimum atomic E-state index is -4.65. The molecular formula is C17H17ClF4N2O. The number of nitrogens with two attached hydrogens (primary N) is 1. The quantitative estimate of drug-likeness (QED) is 0.779. The first kappa shape index (κ1) is 19.6. The second kappa shape index (κ2) is 6.90. The largest absolute Gasteiger partial charge is 0.398 e. The van der Waals surface area contributed by atoms with E-state index in [1.165, 1.54) is 38.1 Å². The molecule has 0 bridgehead atoms. The van der Waals surface area contributed by atoms with Gasteiger partial charge in [-0.15, -0.1) is 0 Å². The number of aliphatic hydroxyl groups is 1. The van der Waals surface area contributed by atoms with Crippen LogP contribution in [0.4, 0.5) is 17.6 Å². The van der Waals surface area contributed by atoms with Gasteiger partial charge in [0.05, 0.1) is 11.3 Å². The number of halogens is 5. The van der Waals surface area contributed by atoms with Crippen molar-refractivity contribution in [1.29, 1.82) is 0 Å². The number of pyridine rings is 1. The fourth-order valence-corrected chi connectivity index (χ4v) is 2.52. The molecule has 136 valence electrons. The maximum atomic E-state index is 14.8. The highest BCUT2D eigenvalue weighted by Crippen LogP contribution is 2.37. The average Bonchev–Trinajstić information content (AvgIpc) is 2.47. The minimum Gasteiger partial charge on any atom is -0.386 e. The second-order valence-electron chi connectivity index (χ2n) is 6.15. The number of hydrogen-bond acceptors (Lipinski definition) is 3. The van der Waals surface area contributed by atoms with Crippen molar-refractivity contribution in [3.63, 3.8) is 0 Å². The van der Waals surface area contributed by atoms with E-state index in [2.05, 4.69) is 4.98 Å². The molecule has 25 heavy (non-hydrogen) atoms. The molecule has 0 saturated carbocycles. The normalized spacial score (nSPS) is 13.8. The van der Waals surface area contributed by atoms with Crippen molar-refractivity contribution < 1.29 is 22.7 Å². The van der Waals surface area contributed by atoms with Gasteiger partial charge in [0.2, 0.25) is 0 Å². The van der Waals surface area contributed by atoms with Crippen LogP contribution in [0.15, 0.2) is 30.3 Å². The first-order valence-corrected chi connectivity index (χ1v) is 7.79. The fourth-order valence-electron chi connectivity index (χ4n) is 2.39. The highest BCUT2D eigenvalue weighted by molar-refractivity contribution is 6.30. The predicted molar refractivity (Wildman–Crippen MR) is 87.7 cm³/mol. The summed E-state index contributed by atoms with van der Waals surface area (Å²) in [5.41, 5.74) is 2.78. The molecule has 2 aromatic rings. The number of alkyl halides is 3. The molecule has 1 aromatic heterocycles. The summed E-state index contributed by atoms with van der Waals surface area (Å²) in [5, 5.41) is 10.6. The molecule has 2 rings (SSSR count). The van der Waals surface area contributed by atoms with E-state index in [0.717, 1.165) is 6.07 Å². The number of nitrogens with zero attached hydrogens (tertiary/aromatic N) is 1. The summed E-state index contributed by atoms with van der Waals surface area (Å²) in [6.45, 7) is 1.82. The first-order valence-electron chi connectivity index (χ1n) is 7.41. The lowest BCUT2D eigenvalue weighted by Crippen LogP contribution is -2.30. The van der Waals surface area contributed by atoms with E-state index >= 15 is 0 Å². The monoisotopic (exact) mass is 376 g/mol. The second-order valence-corrected chi connectivity index (χ2v) is 6.59. The Morgan fingerprint density at radius 3 is 2.20 bits per heavy atom. The van der Waals surface area contributed by atoms with Gasteiger partial charge in [0.15, 0.2) is 5.82 Å². The summed E-state index contributed by atoms with van der Waals surface area (Å²) < 4.78 is 54.5. The number of hydrogen-bond donors (Lipinski definition) is 2. The van der Waals surface area contributed by atoms with Crippen LogP contribution >= 0.6 is 11.6 Å². The zero-order chi connectivity index (χ0) is 19.0. The Bertz CT molecular complexity index is 755. The lowest BCUT2D eigenvalue weighted by molar-refractivity contribution is -0.148. The Kier molecular flexibility index (Phi) is 5.41. The van der Waals surface area contributed by atoms with Crippen LogP contribution in [0, 0.1) is 5.82 Å². The fraction of sp³-hybridized carbons (Fsp3) is 0.353. The highest BCUT2D eigenvalue weighted by Gasteiger charge is 2.42. The van der Waals surface area contributed by atoms with Crippen LogP contribution < -0.4 is 5.73 Å². The lowest BCUT2D eigenvalue weighted by Gasteiger charge is -2.24. The molecule has 0 radical (unpaired) electrons. The molecule has 1 aromatic carbocycles. The van der Waals surface area contributed by atoms with Gasteiger partial charge in [-0.25, -0.2) is 9.37 Å². The third-order valence-electron chi connectivity index (χ3n) is 3.74. The summed E-state index contributed by atoms with van der Waals surface area (Å²) in [5.74, 6) is -2.96. The van der Waals surface area contributed by atoms with Crippen LogP contribution in [-0.2, 0) is 5.60 Å². The van der Waals surface area contributed by atoms with Crippen molar-refractivity contribution in [3.8, 4) is 11.3 Å². The summed E-state index contributed by atoms with van der Waals surface area (Å²) >= 11 is 5.79. The van der Waals surface area contributed by atoms with Gasteiger partial charge < -0.3 is 10.8 Å². The Balaban J connectivity index is 2.74. The lowest BCUT2D eigenvalue weighted by atomic mass is 9.92. The zero-order valence-electron chi connectivity index (χ0n) is 13.5. The van der Waals surface area contributed by atoms with E-state index < -0.39 is 35.8 Å². The van der Waals surface area contributed by atoms with Gasteiger partial charge in [-0.3, -0.25) is 0 Å². The van der Waals surface area contributed by atoms with E-state index in [4.69, 9.17) is 17.3 Å². The number of rotatable bonds is 4. The van der Waals surface area contributed by atoms with Gasteiger partial charge >= 0.3 is 6.18 Å². The van der Waals surface area contributed by atoms with Gasteiger partial charge in [-0.2, -0.15) is 13.2 Å². The Morgan fingerprint density at radius 1 is 1.20 bits per heavy atom. The zero-order valence-corrected chi connectivity index (χ0v) is 14.3. The SMILES string of the molecule is CC(C)(O)c1cc([C@@H](CN)C(F)(F)F)nc(-c2ccc(Cl)cc2)c1F. The van der Waals surface area contributed by atoms with Crippen LogP contribution in [0.5, 0.6) is 0 Å². The molecule has 1 heterocycles. The molecule has 0 aliphatic heterocycles. The van der Waals surface area contributed by atoms with E-state index in [1.54, 1.807) is 0 Å². The topological polar surface area (TPSA) is 59.1 Å². The molecule has 3 nitrogen and oxygen atoms in total. The minimum absolute atomic E-state index is 0.243. The molecule has 0 aliphatic rings. The Morgan fingerprint density at radius 2 is 1.76 bits per heavy atom. The average molecular weight is 377 g/mol. The summed E-state index contributed by atoms with van der Waals surface area (Å²) in [4.78, 5) is 3.85. The summed E-state index contributed by atoms with van der Waals surface area (Å²) in [7, 11) is 0. The van der Waals surface area contributed by atoms with Gasteiger partial charge in [0.25, 0.3) is 0 Å². The maximum absolute atomic E-state index is 14.8. The van der Waals surface area contributed by atoms with Crippen molar-refractivity contribution in [1.82, 2.24) is 4.98 Å². The predicted octanol–water partition coefficient (Wildman–Crippen LogP) is 4.37. The van der Waals surface area contributed by atoms with Crippen molar-refractivity contribution in [2.24, 2.45) is 5.73 Å². The Hall–Kier alpha value is -1.70. The molecule has 0 spiro atoms. The molecule has 1 atom stereocenters. The van der Waals surface area contributed by atoms with Crippen molar-refractivity contribution in [2.75, 3.05) is 6.54 Å². The number of benzene rings is 1. The molecular weight excluding hydrogens is 360 g/mol. The molecule has 8 heteroatoms. The van der Waals surface area contributed by atoms with Gasteiger partial charge in [-0.1, -0.05) is 23.7 Å². The van der Waals surface area contributed by atoms with Gasteiger partial charge in [-0.05, 0) is 32.0 Å². The van der Waals surface area contributed by atoms with E-state index in [-0.39, 0.29) is 16.8 Å². The summed E-state index contributed by atoms with van der Waals surface area (Å²) in [6, 6.07) is 6.74. The first-order chi connectivity index (χ1) is 11.4. The maximum Gasteiger partial charge on any atom is 0.398 e. The van der Waals surface area contributed by atoms with Crippen molar-refractivity contribution in [2.45, 2.75) is 31.5 Å². The van der Waals surface area contributed by atoms with Crippen LogP contribution in [0.1, 0.15) is 31.0 Å². The molecule has 0 saturated heterocycles. The van der Waals surface area contributed by atoms with Crippen molar-refractivity contribution >= 4 is 11.6 Å². The van der Waals surface area contributed by atoms with Crippen LogP contribution in [0.25, 0.3) is 11.3 Å². The highest BCUT2D eigenvalue weighted by atomic mass is 35.5.